The molecule has 0 fully saturated rings. The molecule has 0 aliphatic rings. The Hall–Kier alpha value is -3.31. The number of rotatable bonds is 12. The Morgan fingerprint density at radius 3 is 2.61 bits per heavy atom. The van der Waals surface area contributed by atoms with E-state index in [1.165, 1.54) is 16.6 Å². The number of nitrogens with zero attached hydrogens (tertiary/aromatic N) is 2. The summed E-state index contributed by atoms with van der Waals surface area (Å²) in [5.41, 5.74) is 5.18. The minimum atomic E-state index is -0.120. The van der Waals surface area contributed by atoms with Gasteiger partial charge in [0, 0.05) is 19.5 Å². The van der Waals surface area contributed by atoms with E-state index in [0.717, 1.165) is 55.7 Å². The van der Waals surface area contributed by atoms with Crippen LogP contribution in [-0.2, 0) is 13.0 Å². The van der Waals surface area contributed by atoms with Gasteiger partial charge in [0.2, 0.25) is 0 Å². The second-order valence-electron chi connectivity index (χ2n) is 9.11. The van der Waals surface area contributed by atoms with Gasteiger partial charge < -0.3 is 14.6 Å². The topological polar surface area (TPSA) is 56.1 Å². The first-order valence-corrected chi connectivity index (χ1v) is 13.1. The highest BCUT2D eigenvalue weighted by Gasteiger charge is 2.11. The Balaban J connectivity index is 1.26. The molecule has 0 radical (unpaired) electrons. The van der Waals surface area contributed by atoms with Crippen LogP contribution in [0.4, 0.5) is 0 Å². The summed E-state index contributed by atoms with van der Waals surface area (Å²) in [5, 5.41) is 3.45. The SMILES string of the molecule is Cc1cccc(OCCCn2c(CCCCCNC(=O)c3ccccc3Cl)nc3ccccc32)c1C. The molecule has 0 atom stereocenters. The zero-order valence-corrected chi connectivity index (χ0v) is 21.9. The van der Waals surface area contributed by atoms with Crippen LogP contribution >= 0.6 is 11.6 Å². The quantitative estimate of drug-likeness (QED) is 0.213. The van der Waals surface area contributed by atoms with Crippen molar-refractivity contribution in [3.8, 4) is 5.75 Å². The van der Waals surface area contributed by atoms with E-state index in [4.69, 9.17) is 21.3 Å². The lowest BCUT2D eigenvalue weighted by Gasteiger charge is -2.13. The molecular weight excluding hydrogens is 470 g/mol. The highest BCUT2D eigenvalue weighted by Crippen LogP contribution is 2.22. The summed E-state index contributed by atoms with van der Waals surface area (Å²) < 4.78 is 8.41. The first-order valence-electron chi connectivity index (χ1n) is 12.7. The van der Waals surface area contributed by atoms with Crippen molar-refractivity contribution in [1.29, 1.82) is 0 Å². The third-order valence-electron chi connectivity index (χ3n) is 6.55. The fourth-order valence-electron chi connectivity index (χ4n) is 4.38. The fraction of sp³-hybridized carbons (Fsp3) is 0.333. The van der Waals surface area contributed by atoms with Gasteiger partial charge in [0.1, 0.15) is 11.6 Å². The number of nitrogens with one attached hydrogen (secondary N) is 1. The molecule has 1 heterocycles. The Morgan fingerprint density at radius 1 is 0.944 bits per heavy atom. The zero-order chi connectivity index (χ0) is 25.3. The van der Waals surface area contributed by atoms with Crippen LogP contribution in [0.3, 0.4) is 0 Å². The van der Waals surface area contributed by atoms with Crippen LogP contribution in [0.1, 0.15) is 53.0 Å². The van der Waals surface area contributed by atoms with E-state index < -0.39 is 0 Å². The summed E-state index contributed by atoms with van der Waals surface area (Å²) in [6.07, 6.45) is 4.77. The molecule has 0 aliphatic heterocycles. The Morgan fingerprint density at radius 2 is 1.75 bits per heavy atom. The summed E-state index contributed by atoms with van der Waals surface area (Å²) >= 11 is 6.11. The van der Waals surface area contributed by atoms with Crippen molar-refractivity contribution < 1.29 is 9.53 Å². The largest absolute Gasteiger partial charge is 0.493 e. The lowest BCUT2D eigenvalue weighted by molar-refractivity contribution is 0.0953. The molecule has 0 saturated heterocycles. The molecule has 1 amide bonds. The molecule has 4 rings (SSSR count). The van der Waals surface area contributed by atoms with Gasteiger partial charge in [-0.1, -0.05) is 54.4 Å². The van der Waals surface area contributed by atoms with Crippen LogP contribution in [-0.4, -0.2) is 28.6 Å². The number of imidazole rings is 1. The monoisotopic (exact) mass is 503 g/mol. The zero-order valence-electron chi connectivity index (χ0n) is 21.1. The van der Waals surface area contributed by atoms with E-state index >= 15 is 0 Å². The minimum absolute atomic E-state index is 0.120. The molecule has 3 aromatic carbocycles. The van der Waals surface area contributed by atoms with Crippen molar-refractivity contribution in [2.45, 2.75) is 52.5 Å². The van der Waals surface area contributed by atoms with Crippen LogP contribution in [0, 0.1) is 13.8 Å². The van der Waals surface area contributed by atoms with Gasteiger partial charge in [-0.3, -0.25) is 4.79 Å². The molecule has 0 unspecified atom stereocenters. The summed E-state index contributed by atoms with van der Waals surface area (Å²) in [6, 6.07) is 21.6. The summed E-state index contributed by atoms with van der Waals surface area (Å²) in [5.74, 6) is 1.96. The van der Waals surface area contributed by atoms with Crippen LogP contribution < -0.4 is 10.1 Å². The molecule has 5 nitrogen and oxygen atoms in total. The molecule has 4 aromatic rings. The normalized spacial score (nSPS) is 11.1. The minimum Gasteiger partial charge on any atom is -0.493 e. The average molecular weight is 504 g/mol. The van der Waals surface area contributed by atoms with Crippen molar-refractivity contribution in [1.82, 2.24) is 14.9 Å². The molecule has 1 N–H and O–H groups in total. The van der Waals surface area contributed by atoms with Crippen LogP contribution in [0.2, 0.25) is 5.02 Å². The molecule has 0 spiro atoms. The van der Waals surface area contributed by atoms with E-state index in [-0.39, 0.29) is 5.91 Å². The Bertz CT molecular complexity index is 1310. The molecule has 0 bridgehead atoms. The maximum Gasteiger partial charge on any atom is 0.252 e. The number of para-hydroxylation sites is 2. The van der Waals surface area contributed by atoms with Gasteiger partial charge >= 0.3 is 0 Å². The number of halogens is 1. The van der Waals surface area contributed by atoms with E-state index in [9.17, 15) is 4.79 Å². The van der Waals surface area contributed by atoms with E-state index in [1.54, 1.807) is 12.1 Å². The Kier molecular flexibility index (Phi) is 9.01. The summed E-state index contributed by atoms with van der Waals surface area (Å²) in [6.45, 7) is 6.39. The van der Waals surface area contributed by atoms with Crippen molar-refractivity contribution in [3.63, 3.8) is 0 Å². The van der Waals surface area contributed by atoms with Crippen molar-refractivity contribution in [3.05, 3.63) is 94.3 Å². The number of fused-ring (bicyclic) bond motifs is 1. The van der Waals surface area contributed by atoms with Gasteiger partial charge in [-0.25, -0.2) is 4.98 Å². The van der Waals surface area contributed by atoms with Gasteiger partial charge in [0.05, 0.1) is 28.2 Å². The molecular formula is C30H34ClN3O2. The number of aryl methyl sites for hydroxylation is 3. The van der Waals surface area contributed by atoms with Gasteiger partial charge in [0.25, 0.3) is 5.91 Å². The number of carbonyl (C=O) groups is 1. The van der Waals surface area contributed by atoms with Crippen LogP contribution in [0.5, 0.6) is 5.75 Å². The predicted octanol–water partition coefficient (Wildman–Crippen LogP) is 6.92. The van der Waals surface area contributed by atoms with Crippen LogP contribution in [0.15, 0.2) is 66.7 Å². The molecule has 0 saturated carbocycles. The predicted molar refractivity (Wildman–Crippen MR) is 147 cm³/mol. The lowest BCUT2D eigenvalue weighted by Crippen LogP contribution is -2.24. The molecule has 188 valence electrons. The Labute approximate surface area is 218 Å². The van der Waals surface area contributed by atoms with Gasteiger partial charge in [0.15, 0.2) is 0 Å². The molecule has 6 heteroatoms. The maximum absolute atomic E-state index is 12.3. The van der Waals surface area contributed by atoms with Crippen molar-refractivity contribution in [2.24, 2.45) is 0 Å². The number of ether oxygens (including phenoxy) is 1. The van der Waals surface area contributed by atoms with Crippen molar-refractivity contribution in [2.75, 3.05) is 13.2 Å². The third-order valence-corrected chi connectivity index (χ3v) is 6.88. The average Bonchev–Trinajstić information content (AvgIpc) is 3.23. The van der Waals surface area contributed by atoms with Gasteiger partial charge in [-0.2, -0.15) is 0 Å². The number of hydrogen-bond acceptors (Lipinski definition) is 3. The van der Waals surface area contributed by atoms with E-state index in [0.29, 0.717) is 23.7 Å². The second-order valence-corrected chi connectivity index (χ2v) is 9.52. The summed E-state index contributed by atoms with van der Waals surface area (Å²) in [7, 11) is 0. The molecule has 1 aromatic heterocycles. The molecule has 36 heavy (non-hydrogen) atoms. The van der Waals surface area contributed by atoms with Gasteiger partial charge in [-0.05, 0) is 74.6 Å². The van der Waals surface area contributed by atoms with Crippen molar-refractivity contribution >= 4 is 28.5 Å². The number of amides is 1. The molecule has 0 aliphatic carbocycles. The highest BCUT2D eigenvalue weighted by molar-refractivity contribution is 6.33. The third kappa shape index (κ3) is 6.46. The number of benzene rings is 3. The van der Waals surface area contributed by atoms with Gasteiger partial charge in [-0.15, -0.1) is 0 Å². The van der Waals surface area contributed by atoms with Crippen LogP contribution in [0.25, 0.3) is 11.0 Å². The first-order chi connectivity index (χ1) is 17.5. The number of hydrogen-bond donors (Lipinski definition) is 1. The highest BCUT2D eigenvalue weighted by atomic mass is 35.5. The van der Waals surface area contributed by atoms with E-state index in [2.05, 4.69) is 48.0 Å². The number of carbonyl (C=O) groups excluding carboxylic acids is 1. The number of unbranched alkanes of at least 4 members (excludes halogenated alkanes) is 2. The first kappa shape index (κ1) is 25.8. The second kappa shape index (κ2) is 12.6. The van der Waals surface area contributed by atoms with E-state index in [1.807, 2.05) is 30.3 Å². The smallest absolute Gasteiger partial charge is 0.252 e. The fourth-order valence-corrected chi connectivity index (χ4v) is 4.60. The summed E-state index contributed by atoms with van der Waals surface area (Å²) in [4.78, 5) is 17.2. The number of aromatic nitrogens is 2. The standard InChI is InChI=1S/C30H34ClN3O2/c1-22-12-10-17-28(23(22)2)36-21-11-20-34-27-16-8-7-15-26(27)33-29(34)18-4-3-9-19-32-30(35)24-13-5-6-14-25(24)31/h5-8,10,12-17H,3-4,9,11,18-21H2,1-2H3,(H,32,35). The lowest BCUT2D eigenvalue weighted by atomic mass is 10.1. The maximum atomic E-state index is 12.3.